The maximum Gasteiger partial charge on any atom is 0.241 e. The van der Waals surface area contributed by atoms with Crippen molar-refractivity contribution in [2.45, 2.75) is 26.3 Å². The van der Waals surface area contributed by atoms with Crippen LogP contribution in [-0.2, 0) is 9.59 Å². The highest BCUT2D eigenvalue weighted by Gasteiger charge is 2.11. The standard InChI is InChI=1S/C12H16ClN3O2/c1-3-11(17)15-8-4-5-9(13)10(6-8)16-12(18)7(2)14/h4-7H,3,14H2,1-2H3,(H,15,17)(H,16,18)/t7-/m1/s1. The summed E-state index contributed by atoms with van der Waals surface area (Å²) in [5.41, 5.74) is 6.45. The Bertz CT molecular complexity index is 461. The monoisotopic (exact) mass is 269 g/mol. The minimum absolute atomic E-state index is 0.109. The Morgan fingerprint density at radius 3 is 2.61 bits per heavy atom. The predicted molar refractivity (Wildman–Crippen MR) is 72.7 cm³/mol. The van der Waals surface area contributed by atoms with E-state index in [1.165, 1.54) is 0 Å². The van der Waals surface area contributed by atoms with Crippen LogP contribution in [0.15, 0.2) is 18.2 Å². The third kappa shape index (κ3) is 4.01. The molecule has 2 amide bonds. The maximum atomic E-state index is 11.5. The van der Waals surface area contributed by atoms with Crippen LogP contribution >= 0.6 is 11.6 Å². The molecule has 0 spiro atoms. The van der Waals surface area contributed by atoms with Gasteiger partial charge in [0.15, 0.2) is 0 Å². The van der Waals surface area contributed by atoms with Crippen molar-refractivity contribution in [2.24, 2.45) is 5.73 Å². The van der Waals surface area contributed by atoms with Crippen LogP contribution in [0.2, 0.25) is 5.02 Å². The summed E-state index contributed by atoms with van der Waals surface area (Å²) in [6.45, 7) is 3.33. The highest BCUT2D eigenvalue weighted by Crippen LogP contribution is 2.25. The van der Waals surface area contributed by atoms with Crippen LogP contribution in [0.25, 0.3) is 0 Å². The maximum absolute atomic E-state index is 11.5. The number of hydrogen-bond donors (Lipinski definition) is 3. The van der Waals surface area contributed by atoms with Gasteiger partial charge in [-0.05, 0) is 25.1 Å². The molecule has 6 heteroatoms. The number of nitrogens with two attached hydrogens (primary N) is 1. The quantitative estimate of drug-likeness (QED) is 0.781. The zero-order valence-corrected chi connectivity index (χ0v) is 11.0. The summed E-state index contributed by atoms with van der Waals surface area (Å²) in [7, 11) is 0. The fourth-order valence-electron chi connectivity index (χ4n) is 1.19. The van der Waals surface area contributed by atoms with Crippen LogP contribution in [-0.4, -0.2) is 17.9 Å². The molecule has 1 atom stereocenters. The van der Waals surface area contributed by atoms with Gasteiger partial charge in [0.25, 0.3) is 0 Å². The lowest BCUT2D eigenvalue weighted by Gasteiger charge is -2.11. The number of nitrogens with one attached hydrogen (secondary N) is 2. The van der Waals surface area contributed by atoms with E-state index in [1.54, 1.807) is 32.0 Å². The first-order chi connectivity index (χ1) is 8.43. The van der Waals surface area contributed by atoms with E-state index in [9.17, 15) is 9.59 Å². The molecule has 0 saturated carbocycles. The summed E-state index contributed by atoms with van der Waals surface area (Å²) in [6, 6.07) is 4.23. The van der Waals surface area contributed by atoms with Gasteiger partial charge in [0.2, 0.25) is 11.8 Å². The molecule has 0 aliphatic carbocycles. The normalized spacial score (nSPS) is 11.8. The van der Waals surface area contributed by atoms with E-state index in [-0.39, 0.29) is 11.8 Å². The topological polar surface area (TPSA) is 84.2 Å². The van der Waals surface area contributed by atoms with E-state index in [2.05, 4.69) is 10.6 Å². The second-order valence-corrected chi connectivity index (χ2v) is 4.28. The predicted octanol–water partition coefficient (Wildman–Crippen LogP) is 1.97. The summed E-state index contributed by atoms with van der Waals surface area (Å²) >= 11 is 5.95. The molecule has 0 aliphatic heterocycles. The minimum Gasteiger partial charge on any atom is -0.326 e. The summed E-state index contributed by atoms with van der Waals surface area (Å²) in [6.07, 6.45) is 0.379. The van der Waals surface area contributed by atoms with Gasteiger partial charge in [0.05, 0.1) is 16.8 Å². The van der Waals surface area contributed by atoms with Crippen molar-refractivity contribution in [1.82, 2.24) is 0 Å². The van der Waals surface area contributed by atoms with Crippen LogP contribution < -0.4 is 16.4 Å². The van der Waals surface area contributed by atoms with Gasteiger partial charge in [-0.1, -0.05) is 18.5 Å². The SMILES string of the molecule is CCC(=O)Nc1ccc(Cl)c(NC(=O)[C@@H](C)N)c1. The Balaban J connectivity index is 2.87. The third-order valence-corrected chi connectivity index (χ3v) is 2.57. The number of benzene rings is 1. The average Bonchev–Trinajstić information content (AvgIpc) is 2.33. The van der Waals surface area contributed by atoms with Crippen LogP contribution in [0.1, 0.15) is 20.3 Å². The van der Waals surface area contributed by atoms with Gasteiger partial charge in [0.1, 0.15) is 0 Å². The highest BCUT2D eigenvalue weighted by atomic mass is 35.5. The fraction of sp³-hybridized carbons (Fsp3) is 0.333. The molecule has 0 aliphatic rings. The average molecular weight is 270 g/mol. The third-order valence-electron chi connectivity index (χ3n) is 2.24. The van der Waals surface area contributed by atoms with Crippen LogP contribution in [0, 0.1) is 0 Å². The molecule has 98 valence electrons. The summed E-state index contributed by atoms with van der Waals surface area (Å²) in [5.74, 6) is -0.447. The Kier molecular flexibility index (Phi) is 5.12. The molecule has 4 N–H and O–H groups in total. The van der Waals surface area contributed by atoms with E-state index >= 15 is 0 Å². The van der Waals surface area contributed by atoms with E-state index in [0.29, 0.717) is 22.8 Å². The van der Waals surface area contributed by atoms with E-state index in [0.717, 1.165) is 0 Å². The number of hydrogen-bond acceptors (Lipinski definition) is 3. The number of carbonyl (C=O) groups is 2. The number of halogens is 1. The first kappa shape index (κ1) is 14.5. The van der Waals surface area contributed by atoms with Crippen molar-refractivity contribution in [3.05, 3.63) is 23.2 Å². The molecule has 0 radical (unpaired) electrons. The van der Waals surface area contributed by atoms with Crippen molar-refractivity contribution >= 4 is 34.8 Å². The van der Waals surface area contributed by atoms with E-state index in [4.69, 9.17) is 17.3 Å². The fourth-order valence-corrected chi connectivity index (χ4v) is 1.36. The molecule has 0 fully saturated rings. The Hall–Kier alpha value is -1.59. The lowest BCUT2D eigenvalue weighted by atomic mass is 10.2. The second-order valence-electron chi connectivity index (χ2n) is 3.87. The van der Waals surface area contributed by atoms with E-state index in [1.807, 2.05) is 0 Å². The molecule has 5 nitrogen and oxygen atoms in total. The van der Waals surface area contributed by atoms with Gasteiger partial charge >= 0.3 is 0 Å². The molecule has 1 aromatic carbocycles. The van der Waals surface area contributed by atoms with Crippen LogP contribution in [0.4, 0.5) is 11.4 Å². The van der Waals surface area contributed by atoms with Crippen molar-refractivity contribution in [1.29, 1.82) is 0 Å². The number of amides is 2. The van der Waals surface area contributed by atoms with Gasteiger partial charge in [-0.3, -0.25) is 9.59 Å². The molecule has 0 saturated heterocycles. The van der Waals surface area contributed by atoms with Crippen molar-refractivity contribution in [3.63, 3.8) is 0 Å². The van der Waals surface area contributed by atoms with Gasteiger partial charge in [-0.2, -0.15) is 0 Å². The van der Waals surface area contributed by atoms with Crippen molar-refractivity contribution in [2.75, 3.05) is 10.6 Å². The molecule has 1 aromatic rings. The highest BCUT2D eigenvalue weighted by molar-refractivity contribution is 6.34. The molecular weight excluding hydrogens is 254 g/mol. The molecule has 18 heavy (non-hydrogen) atoms. The van der Waals surface area contributed by atoms with Crippen molar-refractivity contribution < 1.29 is 9.59 Å². The smallest absolute Gasteiger partial charge is 0.241 e. The minimum atomic E-state index is -0.630. The first-order valence-corrected chi connectivity index (χ1v) is 5.97. The van der Waals surface area contributed by atoms with Crippen molar-refractivity contribution in [3.8, 4) is 0 Å². The van der Waals surface area contributed by atoms with E-state index < -0.39 is 6.04 Å². The zero-order chi connectivity index (χ0) is 13.7. The lowest BCUT2D eigenvalue weighted by Crippen LogP contribution is -2.32. The molecule has 0 bridgehead atoms. The van der Waals surface area contributed by atoms with Gasteiger partial charge < -0.3 is 16.4 Å². The molecule has 0 heterocycles. The summed E-state index contributed by atoms with van der Waals surface area (Å²) in [5, 5.41) is 5.66. The molecular formula is C12H16ClN3O2. The molecule has 0 unspecified atom stereocenters. The number of anilines is 2. The number of rotatable bonds is 4. The largest absolute Gasteiger partial charge is 0.326 e. The Morgan fingerprint density at radius 2 is 2.06 bits per heavy atom. The Morgan fingerprint density at radius 1 is 1.39 bits per heavy atom. The summed E-state index contributed by atoms with van der Waals surface area (Å²) < 4.78 is 0. The van der Waals surface area contributed by atoms with Gasteiger partial charge in [-0.15, -0.1) is 0 Å². The zero-order valence-electron chi connectivity index (χ0n) is 10.3. The first-order valence-electron chi connectivity index (χ1n) is 5.60. The molecule has 0 aromatic heterocycles. The van der Waals surface area contributed by atoms with Crippen LogP contribution in [0.3, 0.4) is 0 Å². The molecule has 1 rings (SSSR count). The van der Waals surface area contributed by atoms with Crippen LogP contribution in [0.5, 0.6) is 0 Å². The van der Waals surface area contributed by atoms with Gasteiger partial charge in [0, 0.05) is 12.1 Å². The lowest BCUT2D eigenvalue weighted by molar-refractivity contribution is -0.117. The number of carbonyl (C=O) groups excluding carboxylic acids is 2. The summed E-state index contributed by atoms with van der Waals surface area (Å²) in [4.78, 5) is 22.7. The second kappa shape index (κ2) is 6.37. The van der Waals surface area contributed by atoms with Gasteiger partial charge in [-0.25, -0.2) is 0 Å². The Labute approximate surface area is 111 Å².